The Morgan fingerprint density at radius 2 is 1.85 bits per heavy atom. The van der Waals surface area contributed by atoms with Crippen molar-refractivity contribution in [3.8, 4) is 28.4 Å². The van der Waals surface area contributed by atoms with Gasteiger partial charge in [-0.1, -0.05) is 12.1 Å². The van der Waals surface area contributed by atoms with Crippen LogP contribution >= 0.6 is 0 Å². The number of benzene rings is 2. The number of furan rings is 1. The average Bonchev–Trinajstić information content (AvgIpc) is 3.13. The third-order valence-electron chi connectivity index (χ3n) is 4.78. The zero-order valence-corrected chi connectivity index (χ0v) is 15.6. The smallest absolute Gasteiger partial charge is 0.165 e. The van der Waals surface area contributed by atoms with Crippen LogP contribution in [0.5, 0.6) is 17.2 Å². The number of fused-ring (bicyclic) bond motifs is 1. The van der Waals surface area contributed by atoms with Crippen molar-refractivity contribution < 1.29 is 18.6 Å². The maximum absolute atomic E-state index is 6.03. The molecule has 4 rings (SSSR count). The first-order chi connectivity index (χ1) is 13.3. The zero-order chi connectivity index (χ0) is 18.6. The summed E-state index contributed by atoms with van der Waals surface area (Å²) in [5, 5.41) is 0. The highest BCUT2D eigenvalue weighted by Crippen LogP contribution is 2.38. The van der Waals surface area contributed by atoms with Gasteiger partial charge >= 0.3 is 0 Å². The number of nitrogens with zero attached hydrogens (tertiary/aromatic N) is 1. The molecule has 0 atom stereocenters. The molecule has 2 aromatic carbocycles. The van der Waals surface area contributed by atoms with Crippen molar-refractivity contribution in [2.75, 3.05) is 27.4 Å². The molecule has 0 amide bonds. The monoisotopic (exact) mass is 365 g/mol. The van der Waals surface area contributed by atoms with Crippen LogP contribution in [0.25, 0.3) is 11.1 Å². The van der Waals surface area contributed by atoms with Crippen LogP contribution in [0.2, 0.25) is 0 Å². The second-order valence-electron chi connectivity index (χ2n) is 6.53. The second kappa shape index (κ2) is 7.76. The van der Waals surface area contributed by atoms with E-state index >= 15 is 0 Å². The lowest BCUT2D eigenvalue weighted by molar-refractivity contribution is 0.204. The summed E-state index contributed by atoms with van der Waals surface area (Å²) >= 11 is 0. The van der Waals surface area contributed by atoms with Gasteiger partial charge in [0.05, 0.1) is 27.0 Å². The van der Waals surface area contributed by atoms with Crippen molar-refractivity contribution >= 4 is 0 Å². The van der Waals surface area contributed by atoms with E-state index in [9.17, 15) is 0 Å². The van der Waals surface area contributed by atoms with Gasteiger partial charge in [-0.15, -0.1) is 0 Å². The van der Waals surface area contributed by atoms with E-state index in [0.29, 0.717) is 6.61 Å². The zero-order valence-electron chi connectivity index (χ0n) is 15.6. The van der Waals surface area contributed by atoms with Gasteiger partial charge in [-0.2, -0.15) is 0 Å². The van der Waals surface area contributed by atoms with E-state index in [1.165, 1.54) is 0 Å². The molecule has 2 heterocycles. The van der Waals surface area contributed by atoms with E-state index in [1.807, 2.05) is 30.3 Å². The highest BCUT2D eigenvalue weighted by molar-refractivity contribution is 5.70. The van der Waals surface area contributed by atoms with E-state index in [4.69, 9.17) is 18.6 Å². The molecule has 0 N–H and O–H groups in total. The highest BCUT2D eigenvalue weighted by Gasteiger charge is 2.21. The fraction of sp³-hybridized carbons (Fsp3) is 0.273. The molecule has 140 valence electrons. The van der Waals surface area contributed by atoms with Gasteiger partial charge in [0.1, 0.15) is 18.1 Å². The number of hydrogen-bond donors (Lipinski definition) is 0. The van der Waals surface area contributed by atoms with Crippen molar-refractivity contribution in [3.05, 3.63) is 66.1 Å². The normalized spacial score (nSPS) is 14.1. The van der Waals surface area contributed by atoms with Gasteiger partial charge in [0, 0.05) is 18.7 Å². The molecule has 5 nitrogen and oxygen atoms in total. The van der Waals surface area contributed by atoms with Crippen LogP contribution in [0.1, 0.15) is 11.3 Å². The SMILES string of the molecule is COc1ccc(-c2cc3c(c(OC)c2)OCCN(Cc2ccco2)C3)cc1. The largest absolute Gasteiger partial charge is 0.497 e. The summed E-state index contributed by atoms with van der Waals surface area (Å²) in [4.78, 5) is 2.32. The first kappa shape index (κ1) is 17.5. The van der Waals surface area contributed by atoms with Crippen LogP contribution in [0.3, 0.4) is 0 Å². The van der Waals surface area contributed by atoms with Gasteiger partial charge in [-0.05, 0) is 47.5 Å². The second-order valence-corrected chi connectivity index (χ2v) is 6.53. The number of methoxy groups -OCH3 is 2. The summed E-state index contributed by atoms with van der Waals surface area (Å²) in [6.07, 6.45) is 1.71. The summed E-state index contributed by atoms with van der Waals surface area (Å²) in [7, 11) is 3.35. The Hall–Kier alpha value is -2.92. The van der Waals surface area contributed by atoms with Crippen LogP contribution < -0.4 is 14.2 Å². The molecule has 5 heteroatoms. The first-order valence-electron chi connectivity index (χ1n) is 8.99. The molecular weight excluding hydrogens is 342 g/mol. The van der Waals surface area contributed by atoms with Crippen molar-refractivity contribution in [2.45, 2.75) is 13.1 Å². The molecule has 0 saturated carbocycles. The molecule has 0 spiro atoms. The third-order valence-corrected chi connectivity index (χ3v) is 4.78. The lowest BCUT2D eigenvalue weighted by Crippen LogP contribution is -2.25. The Balaban J connectivity index is 1.67. The molecule has 1 aliphatic rings. The van der Waals surface area contributed by atoms with Gasteiger partial charge in [0.2, 0.25) is 0 Å². The van der Waals surface area contributed by atoms with Crippen LogP contribution in [-0.2, 0) is 13.1 Å². The summed E-state index contributed by atoms with van der Waals surface area (Å²) in [5.41, 5.74) is 3.32. The van der Waals surface area contributed by atoms with E-state index in [2.05, 4.69) is 23.1 Å². The predicted molar refractivity (Wildman–Crippen MR) is 103 cm³/mol. The standard InChI is InChI=1S/C22H23NO4/c1-24-19-7-5-16(6-8-19)17-12-18-14-23(15-20-4-3-10-26-20)9-11-27-22(18)21(13-17)25-2/h3-8,10,12-13H,9,11,14-15H2,1-2H3. The summed E-state index contributed by atoms with van der Waals surface area (Å²) in [5.74, 6) is 3.39. The van der Waals surface area contributed by atoms with E-state index < -0.39 is 0 Å². The predicted octanol–water partition coefficient (Wildman–Crippen LogP) is 4.36. The minimum absolute atomic E-state index is 0.617. The summed E-state index contributed by atoms with van der Waals surface area (Å²) in [6.45, 7) is 2.98. The molecule has 0 aliphatic carbocycles. The van der Waals surface area contributed by atoms with Crippen molar-refractivity contribution in [2.24, 2.45) is 0 Å². The number of hydrogen-bond acceptors (Lipinski definition) is 5. The molecule has 0 saturated heterocycles. The van der Waals surface area contributed by atoms with Crippen LogP contribution in [-0.4, -0.2) is 32.3 Å². The average molecular weight is 365 g/mol. The molecule has 0 fully saturated rings. The van der Waals surface area contributed by atoms with E-state index in [-0.39, 0.29) is 0 Å². The Morgan fingerprint density at radius 3 is 2.56 bits per heavy atom. The maximum atomic E-state index is 6.03. The van der Waals surface area contributed by atoms with Crippen LogP contribution in [0, 0.1) is 0 Å². The Labute approximate surface area is 159 Å². The first-order valence-corrected chi connectivity index (χ1v) is 8.99. The molecule has 0 bridgehead atoms. The van der Waals surface area contributed by atoms with Crippen molar-refractivity contribution in [1.82, 2.24) is 4.90 Å². The maximum Gasteiger partial charge on any atom is 0.165 e. The Morgan fingerprint density at radius 1 is 1.00 bits per heavy atom. The van der Waals surface area contributed by atoms with Crippen LogP contribution in [0.15, 0.2) is 59.2 Å². The molecule has 1 aromatic heterocycles. The number of ether oxygens (including phenoxy) is 3. The Bertz CT molecular complexity index is 887. The molecule has 27 heavy (non-hydrogen) atoms. The van der Waals surface area contributed by atoms with Gasteiger partial charge in [0.15, 0.2) is 11.5 Å². The lowest BCUT2D eigenvalue weighted by atomic mass is 10.0. The third kappa shape index (κ3) is 3.78. The highest BCUT2D eigenvalue weighted by atomic mass is 16.5. The van der Waals surface area contributed by atoms with Crippen molar-refractivity contribution in [3.63, 3.8) is 0 Å². The molecule has 0 unspecified atom stereocenters. The minimum atomic E-state index is 0.617. The summed E-state index contributed by atoms with van der Waals surface area (Å²) in [6, 6.07) is 16.2. The van der Waals surface area contributed by atoms with Gasteiger partial charge in [-0.3, -0.25) is 4.90 Å². The quantitative estimate of drug-likeness (QED) is 0.672. The topological polar surface area (TPSA) is 44.1 Å². The fourth-order valence-electron chi connectivity index (χ4n) is 3.40. The van der Waals surface area contributed by atoms with Gasteiger partial charge < -0.3 is 18.6 Å². The number of rotatable bonds is 5. The van der Waals surface area contributed by atoms with Crippen molar-refractivity contribution in [1.29, 1.82) is 0 Å². The minimum Gasteiger partial charge on any atom is -0.497 e. The summed E-state index contributed by atoms with van der Waals surface area (Å²) < 4.78 is 22.4. The molecule has 1 aliphatic heterocycles. The van der Waals surface area contributed by atoms with E-state index in [0.717, 1.165) is 59.3 Å². The lowest BCUT2D eigenvalue weighted by Gasteiger charge is -2.18. The van der Waals surface area contributed by atoms with Gasteiger partial charge in [0.25, 0.3) is 0 Å². The molecule has 3 aromatic rings. The Kier molecular flexibility index (Phi) is 5.03. The molecular formula is C22H23NO4. The van der Waals surface area contributed by atoms with E-state index in [1.54, 1.807) is 20.5 Å². The fourth-order valence-corrected chi connectivity index (χ4v) is 3.40. The van der Waals surface area contributed by atoms with Crippen LogP contribution in [0.4, 0.5) is 0 Å². The molecule has 0 radical (unpaired) electrons. The van der Waals surface area contributed by atoms with Gasteiger partial charge in [-0.25, -0.2) is 0 Å².